The molecular formula is C18H14Cl2N4OS. The molecule has 0 saturated heterocycles. The third-order valence-corrected chi connectivity index (χ3v) is 4.98. The van der Waals surface area contributed by atoms with Crippen molar-refractivity contribution >= 4 is 51.1 Å². The van der Waals surface area contributed by atoms with E-state index in [4.69, 9.17) is 28.6 Å². The Morgan fingerprint density at radius 3 is 2.65 bits per heavy atom. The lowest BCUT2D eigenvalue weighted by Crippen LogP contribution is -2.23. The van der Waals surface area contributed by atoms with E-state index in [9.17, 15) is 4.79 Å². The number of aromatic nitrogens is 1. The van der Waals surface area contributed by atoms with Crippen LogP contribution in [0.2, 0.25) is 5.02 Å². The maximum absolute atomic E-state index is 12.3. The second-order valence-electron chi connectivity index (χ2n) is 5.44. The lowest BCUT2D eigenvalue weighted by Gasteiger charge is -2.08. The Balaban J connectivity index is 2.18. The van der Waals surface area contributed by atoms with E-state index in [1.165, 1.54) is 4.57 Å². The van der Waals surface area contributed by atoms with E-state index in [1.54, 1.807) is 24.3 Å². The van der Waals surface area contributed by atoms with Gasteiger partial charge in [0.15, 0.2) is 9.80 Å². The van der Waals surface area contributed by atoms with Crippen molar-refractivity contribution in [3.05, 3.63) is 63.9 Å². The molecule has 0 fully saturated rings. The molecule has 0 aliphatic heterocycles. The van der Waals surface area contributed by atoms with Crippen molar-refractivity contribution in [2.75, 3.05) is 5.88 Å². The highest BCUT2D eigenvalue weighted by atomic mass is 35.5. The second-order valence-corrected chi connectivity index (χ2v) is 7.09. The summed E-state index contributed by atoms with van der Waals surface area (Å²) in [5, 5.41) is 17.6. The molecule has 8 heteroatoms. The lowest BCUT2D eigenvalue weighted by molar-refractivity contribution is 0.0938. The summed E-state index contributed by atoms with van der Waals surface area (Å²) in [6.45, 7) is 1.97. The monoisotopic (exact) mass is 404 g/mol. The first-order valence-electron chi connectivity index (χ1n) is 7.64. The van der Waals surface area contributed by atoms with Crippen LogP contribution in [0, 0.1) is 12.3 Å². The number of aryl methyl sites for hydroxylation is 1. The molecule has 0 spiro atoms. The normalized spacial score (nSPS) is 11.2. The van der Waals surface area contributed by atoms with E-state index in [0.29, 0.717) is 27.0 Å². The van der Waals surface area contributed by atoms with Gasteiger partial charge in [0.25, 0.3) is 0 Å². The fourth-order valence-electron chi connectivity index (χ4n) is 2.43. The van der Waals surface area contributed by atoms with E-state index in [2.05, 4.69) is 10.2 Å². The molecule has 3 aromatic rings. The fourth-order valence-corrected chi connectivity index (χ4v) is 3.62. The molecule has 132 valence electrons. The first-order chi connectivity index (χ1) is 12.5. The van der Waals surface area contributed by atoms with Gasteiger partial charge in [-0.05, 0) is 30.7 Å². The van der Waals surface area contributed by atoms with Crippen LogP contribution in [-0.2, 0) is 0 Å². The molecule has 0 bridgehead atoms. The zero-order valence-corrected chi connectivity index (χ0v) is 16.1. The summed E-state index contributed by atoms with van der Waals surface area (Å²) in [6.07, 6.45) is 0. The van der Waals surface area contributed by atoms with Crippen molar-refractivity contribution in [3.8, 4) is 11.3 Å². The van der Waals surface area contributed by atoms with Crippen LogP contribution in [0.25, 0.3) is 11.3 Å². The van der Waals surface area contributed by atoms with Gasteiger partial charge in [0.1, 0.15) is 5.88 Å². The fraction of sp³-hybridized carbons (Fsp3) is 0.111. The van der Waals surface area contributed by atoms with Gasteiger partial charge < -0.3 is 0 Å². The summed E-state index contributed by atoms with van der Waals surface area (Å²) < 4.78 is 1.23. The van der Waals surface area contributed by atoms with Crippen LogP contribution in [0.5, 0.6) is 0 Å². The molecule has 0 aliphatic rings. The minimum absolute atomic E-state index is 0.0174. The number of nitrogens with one attached hydrogen (secondary N) is 1. The highest BCUT2D eigenvalue weighted by molar-refractivity contribution is 7.13. The van der Waals surface area contributed by atoms with Crippen LogP contribution >= 0.6 is 34.5 Å². The van der Waals surface area contributed by atoms with Gasteiger partial charge in [0, 0.05) is 5.56 Å². The Bertz CT molecular complexity index is 1060. The smallest absolute Gasteiger partial charge is 0.248 e. The summed E-state index contributed by atoms with van der Waals surface area (Å²) in [7, 11) is 0. The Morgan fingerprint density at radius 2 is 1.96 bits per heavy atom. The highest BCUT2D eigenvalue weighted by Crippen LogP contribution is 2.37. The number of halogens is 2. The first-order valence-corrected chi connectivity index (χ1v) is 9.37. The third-order valence-electron chi connectivity index (χ3n) is 3.57. The van der Waals surface area contributed by atoms with E-state index >= 15 is 0 Å². The van der Waals surface area contributed by atoms with Gasteiger partial charge in [0.05, 0.1) is 16.4 Å². The van der Waals surface area contributed by atoms with Crippen molar-refractivity contribution in [2.45, 2.75) is 6.92 Å². The van der Waals surface area contributed by atoms with Gasteiger partial charge in [0.2, 0.25) is 5.91 Å². The molecule has 3 rings (SSSR count). The second kappa shape index (κ2) is 7.95. The third kappa shape index (κ3) is 3.77. The number of rotatable bonds is 4. The molecule has 0 saturated carbocycles. The van der Waals surface area contributed by atoms with Crippen LogP contribution in [0.3, 0.4) is 0 Å². The average molecular weight is 405 g/mol. The van der Waals surface area contributed by atoms with Crippen LogP contribution in [0.4, 0.5) is 10.7 Å². The SMILES string of the molecule is Cc1cccc(N=Nc2sc(=N)n(C(=O)CCl)c2-c2ccccc2Cl)c1. The average Bonchev–Trinajstić information content (AvgIpc) is 2.96. The number of carbonyl (C=O) groups excluding carboxylic acids is 1. The highest BCUT2D eigenvalue weighted by Gasteiger charge is 2.21. The number of alkyl halides is 1. The van der Waals surface area contributed by atoms with E-state index in [0.717, 1.165) is 16.9 Å². The maximum atomic E-state index is 12.3. The number of hydrogen-bond donors (Lipinski definition) is 1. The van der Waals surface area contributed by atoms with Gasteiger partial charge >= 0.3 is 0 Å². The zero-order valence-electron chi connectivity index (χ0n) is 13.7. The lowest BCUT2D eigenvalue weighted by atomic mass is 10.1. The number of thiazole rings is 1. The van der Waals surface area contributed by atoms with Crippen LogP contribution < -0.4 is 4.80 Å². The van der Waals surface area contributed by atoms with Gasteiger partial charge in [-0.2, -0.15) is 0 Å². The molecule has 2 aromatic carbocycles. The molecule has 0 radical (unpaired) electrons. The summed E-state index contributed by atoms with van der Waals surface area (Å²) in [5.41, 5.74) is 2.77. The van der Waals surface area contributed by atoms with Crippen molar-refractivity contribution < 1.29 is 4.79 Å². The minimum atomic E-state index is -0.417. The number of azo groups is 1. The molecule has 1 aromatic heterocycles. The Kier molecular flexibility index (Phi) is 5.66. The Labute approximate surface area is 164 Å². The summed E-state index contributed by atoms with van der Waals surface area (Å²) in [4.78, 5) is 12.3. The van der Waals surface area contributed by atoms with E-state index in [1.807, 2.05) is 31.2 Å². The summed E-state index contributed by atoms with van der Waals surface area (Å²) >= 11 is 13.1. The molecule has 0 atom stereocenters. The van der Waals surface area contributed by atoms with E-state index < -0.39 is 5.91 Å². The van der Waals surface area contributed by atoms with E-state index in [-0.39, 0.29) is 10.7 Å². The first kappa shape index (κ1) is 18.5. The van der Waals surface area contributed by atoms with Gasteiger partial charge in [-0.1, -0.05) is 53.3 Å². The predicted molar refractivity (Wildman–Crippen MR) is 105 cm³/mol. The van der Waals surface area contributed by atoms with Crippen LogP contribution in [-0.4, -0.2) is 16.4 Å². The largest absolute Gasteiger partial charge is 0.275 e. The summed E-state index contributed by atoms with van der Waals surface area (Å²) in [6, 6.07) is 14.7. The number of hydrogen-bond acceptors (Lipinski definition) is 5. The zero-order chi connectivity index (χ0) is 18.7. The van der Waals surface area contributed by atoms with Crippen molar-refractivity contribution in [2.24, 2.45) is 10.2 Å². The number of carbonyl (C=O) groups is 1. The van der Waals surface area contributed by atoms with Gasteiger partial charge in [-0.25, -0.2) is 0 Å². The molecule has 0 amide bonds. The van der Waals surface area contributed by atoms with Gasteiger partial charge in [-0.15, -0.1) is 21.8 Å². The van der Waals surface area contributed by atoms with Crippen molar-refractivity contribution in [1.82, 2.24) is 4.57 Å². The van der Waals surface area contributed by atoms with Gasteiger partial charge in [-0.3, -0.25) is 14.8 Å². The molecule has 0 unspecified atom stereocenters. The van der Waals surface area contributed by atoms with Crippen LogP contribution in [0.1, 0.15) is 10.4 Å². The molecule has 26 heavy (non-hydrogen) atoms. The standard InChI is InChI=1S/C18H14Cl2N4OS/c1-11-5-4-6-12(9-11)22-23-17-16(13-7-2-3-8-14(13)20)24(15(25)10-19)18(21)26-17/h2-9,21H,10H2,1H3. The number of benzene rings is 2. The molecule has 0 aliphatic carbocycles. The summed E-state index contributed by atoms with van der Waals surface area (Å²) in [5.74, 6) is -0.668. The Hall–Kier alpha value is -2.28. The maximum Gasteiger partial charge on any atom is 0.248 e. The predicted octanol–water partition coefficient (Wildman–Crippen LogP) is 5.95. The topological polar surface area (TPSA) is 70.6 Å². The van der Waals surface area contributed by atoms with Crippen LogP contribution in [0.15, 0.2) is 58.8 Å². The molecule has 5 nitrogen and oxygen atoms in total. The van der Waals surface area contributed by atoms with Crippen molar-refractivity contribution in [1.29, 1.82) is 5.41 Å². The van der Waals surface area contributed by atoms with Crippen molar-refractivity contribution in [3.63, 3.8) is 0 Å². The Morgan fingerprint density at radius 1 is 1.19 bits per heavy atom. The quantitative estimate of drug-likeness (QED) is 0.423. The molecule has 1 heterocycles. The minimum Gasteiger partial charge on any atom is -0.275 e. The number of nitrogens with zero attached hydrogens (tertiary/aromatic N) is 3. The molecular weight excluding hydrogens is 391 g/mol. The molecule has 1 N–H and O–H groups in total.